The number of benzene rings is 2. The number of nitrogens with zero attached hydrogens (tertiary/aromatic N) is 2. The molecule has 2 aromatic carbocycles. The number of hydrogen-bond donors (Lipinski definition) is 2. The Morgan fingerprint density at radius 1 is 1.03 bits per heavy atom. The van der Waals surface area contributed by atoms with Crippen LogP contribution in [0.25, 0.3) is 0 Å². The van der Waals surface area contributed by atoms with Gasteiger partial charge in [0.05, 0.1) is 30.3 Å². The molecule has 1 aliphatic heterocycles. The zero-order valence-electron chi connectivity index (χ0n) is 18.8. The summed E-state index contributed by atoms with van der Waals surface area (Å²) in [7, 11) is 1.57. The van der Waals surface area contributed by atoms with Gasteiger partial charge in [-0.15, -0.1) is 0 Å². The van der Waals surface area contributed by atoms with Gasteiger partial charge in [-0.3, -0.25) is 19.4 Å². The predicted octanol–water partition coefficient (Wildman–Crippen LogP) is 3.95. The van der Waals surface area contributed by atoms with E-state index in [0.717, 1.165) is 12.1 Å². The lowest BCUT2D eigenvalue weighted by Crippen LogP contribution is -2.53. The quantitative estimate of drug-likeness (QED) is 0.604. The average Bonchev–Trinajstić information content (AvgIpc) is 2.80. The fourth-order valence-electron chi connectivity index (χ4n) is 3.62. The maximum absolute atomic E-state index is 13.0. The van der Waals surface area contributed by atoms with E-state index >= 15 is 0 Å². The van der Waals surface area contributed by atoms with E-state index < -0.39 is 22.7 Å². The number of hydrogen-bond acceptors (Lipinski definition) is 5. The third-order valence-corrected chi connectivity index (χ3v) is 5.94. The number of anilines is 2. The fraction of sp³-hybridized carbons (Fsp3) is 0.391. The van der Waals surface area contributed by atoms with Crippen LogP contribution < -0.4 is 15.4 Å². The van der Waals surface area contributed by atoms with Crippen LogP contribution >= 0.6 is 11.6 Å². The highest BCUT2D eigenvalue weighted by atomic mass is 35.5. The first-order valence-electron chi connectivity index (χ1n) is 10.6. The van der Waals surface area contributed by atoms with Gasteiger partial charge < -0.3 is 15.4 Å². The van der Waals surface area contributed by atoms with Gasteiger partial charge >= 0.3 is 6.18 Å². The van der Waals surface area contributed by atoms with Crippen molar-refractivity contribution in [3.63, 3.8) is 0 Å². The van der Waals surface area contributed by atoms with Crippen LogP contribution in [0.3, 0.4) is 0 Å². The SMILES string of the molecule is COc1ccc(NC(=O)C(C)N2CCN(CC(=O)Nc3ccc(Cl)c(C(F)(F)F)c3)CC2)cc1. The number of carbonyl (C=O) groups excluding carboxylic acids is 2. The zero-order chi connectivity index (χ0) is 24.9. The Balaban J connectivity index is 1.47. The molecule has 184 valence electrons. The van der Waals surface area contributed by atoms with Crippen LogP contribution in [0, 0.1) is 0 Å². The summed E-state index contributed by atoms with van der Waals surface area (Å²) in [5, 5.41) is 4.94. The molecule has 1 heterocycles. The third kappa shape index (κ3) is 6.85. The normalized spacial score (nSPS) is 16.1. The Morgan fingerprint density at radius 2 is 1.65 bits per heavy atom. The molecule has 2 aromatic rings. The summed E-state index contributed by atoms with van der Waals surface area (Å²) < 4.78 is 44.1. The summed E-state index contributed by atoms with van der Waals surface area (Å²) in [5.41, 5.74) is -0.296. The van der Waals surface area contributed by atoms with Crippen molar-refractivity contribution in [2.75, 3.05) is 50.5 Å². The van der Waals surface area contributed by atoms with E-state index in [2.05, 4.69) is 10.6 Å². The van der Waals surface area contributed by atoms with Gasteiger partial charge in [-0.1, -0.05) is 11.6 Å². The molecule has 0 spiro atoms. The lowest BCUT2D eigenvalue weighted by Gasteiger charge is -2.37. The van der Waals surface area contributed by atoms with Gasteiger partial charge in [0.1, 0.15) is 5.75 Å². The number of nitrogens with one attached hydrogen (secondary N) is 2. The smallest absolute Gasteiger partial charge is 0.417 e. The summed E-state index contributed by atoms with van der Waals surface area (Å²) in [5.74, 6) is 0.136. The summed E-state index contributed by atoms with van der Waals surface area (Å²) >= 11 is 5.61. The second kappa shape index (κ2) is 11.1. The summed E-state index contributed by atoms with van der Waals surface area (Å²) in [6.07, 6.45) is -4.61. The van der Waals surface area contributed by atoms with Crippen molar-refractivity contribution in [3.8, 4) is 5.75 Å². The maximum atomic E-state index is 13.0. The topological polar surface area (TPSA) is 73.9 Å². The van der Waals surface area contributed by atoms with E-state index in [9.17, 15) is 22.8 Å². The molecule has 2 amide bonds. The number of carbonyl (C=O) groups is 2. The first-order chi connectivity index (χ1) is 16.1. The number of methoxy groups -OCH3 is 1. The lowest BCUT2D eigenvalue weighted by atomic mass is 10.2. The minimum Gasteiger partial charge on any atom is -0.497 e. The molecule has 3 rings (SSSR count). The molecule has 1 saturated heterocycles. The molecule has 0 aromatic heterocycles. The van der Waals surface area contributed by atoms with Gasteiger partial charge in [-0.05, 0) is 49.4 Å². The zero-order valence-corrected chi connectivity index (χ0v) is 19.5. The van der Waals surface area contributed by atoms with Gasteiger partial charge in [-0.25, -0.2) is 0 Å². The van der Waals surface area contributed by atoms with E-state index in [0.29, 0.717) is 37.6 Å². The van der Waals surface area contributed by atoms with Crippen molar-refractivity contribution in [2.45, 2.75) is 19.1 Å². The van der Waals surface area contributed by atoms with Gasteiger partial charge in [0.25, 0.3) is 0 Å². The fourth-order valence-corrected chi connectivity index (χ4v) is 3.84. The van der Waals surface area contributed by atoms with Crippen LogP contribution in [-0.2, 0) is 15.8 Å². The Bertz CT molecular complexity index is 1010. The summed E-state index contributed by atoms with van der Waals surface area (Å²) in [6, 6.07) is 9.94. The van der Waals surface area contributed by atoms with E-state index in [1.807, 2.05) is 16.7 Å². The Labute approximate surface area is 200 Å². The number of amides is 2. The molecule has 0 bridgehead atoms. The molecular formula is C23H26ClF3N4O3. The van der Waals surface area contributed by atoms with Crippen molar-refractivity contribution in [3.05, 3.63) is 53.1 Å². The maximum Gasteiger partial charge on any atom is 0.417 e. The highest BCUT2D eigenvalue weighted by molar-refractivity contribution is 6.31. The molecule has 2 N–H and O–H groups in total. The van der Waals surface area contributed by atoms with E-state index in [-0.39, 0.29) is 24.2 Å². The first kappa shape index (κ1) is 25.8. The Kier molecular flexibility index (Phi) is 8.40. The van der Waals surface area contributed by atoms with Crippen molar-refractivity contribution in [1.82, 2.24) is 9.80 Å². The standard InChI is InChI=1S/C23H26ClF3N4O3/c1-15(22(33)29-16-3-6-18(34-2)7-4-16)31-11-9-30(10-12-31)14-21(32)28-17-5-8-20(24)19(13-17)23(25,26)27/h3-8,13,15H,9-12,14H2,1-2H3,(H,28,32)(H,29,33). The largest absolute Gasteiger partial charge is 0.497 e. The molecule has 0 aliphatic carbocycles. The number of alkyl halides is 3. The molecule has 1 unspecified atom stereocenters. The van der Waals surface area contributed by atoms with Gasteiger partial charge in [0.2, 0.25) is 11.8 Å². The van der Waals surface area contributed by atoms with Crippen LogP contribution in [0.5, 0.6) is 5.75 Å². The first-order valence-corrected chi connectivity index (χ1v) is 11.0. The van der Waals surface area contributed by atoms with Gasteiger partial charge in [-0.2, -0.15) is 13.2 Å². The highest BCUT2D eigenvalue weighted by Crippen LogP contribution is 2.36. The number of ether oxygens (including phenoxy) is 1. The minimum atomic E-state index is -4.61. The number of halogens is 4. The average molecular weight is 499 g/mol. The van der Waals surface area contributed by atoms with Gasteiger partial charge in [0, 0.05) is 37.6 Å². The highest BCUT2D eigenvalue weighted by Gasteiger charge is 2.33. The molecule has 1 aliphatic rings. The lowest BCUT2D eigenvalue weighted by molar-refractivity contribution is -0.137. The van der Waals surface area contributed by atoms with Crippen LogP contribution in [0.4, 0.5) is 24.5 Å². The molecule has 1 atom stereocenters. The molecule has 7 nitrogen and oxygen atoms in total. The Hall–Kier alpha value is -2.82. The summed E-state index contributed by atoms with van der Waals surface area (Å²) in [6.45, 7) is 4.08. The summed E-state index contributed by atoms with van der Waals surface area (Å²) in [4.78, 5) is 28.9. The van der Waals surface area contributed by atoms with Crippen molar-refractivity contribution in [2.24, 2.45) is 0 Å². The van der Waals surface area contributed by atoms with E-state index in [1.165, 1.54) is 6.07 Å². The second-order valence-electron chi connectivity index (χ2n) is 7.95. The number of rotatable bonds is 7. The van der Waals surface area contributed by atoms with Gasteiger partial charge in [0.15, 0.2) is 0 Å². The van der Waals surface area contributed by atoms with Crippen LogP contribution in [0.2, 0.25) is 5.02 Å². The van der Waals surface area contributed by atoms with Crippen LogP contribution in [-0.4, -0.2) is 67.5 Å². The molecule has 0 radical (unpaired) electrons. The monoisotopic (exact) mass is 498 g/mol. The van der Waals surface area contributed by atoms with E-state index in [4.69, 9.17) is 16.3 Å². The van der Waals surface area contributed by atoms with Crippen molar-refractivity contribution < 1.29 is 27.5 Å². The molecular weight excluding hydrogens is 473 g/mol. The number of piperazine rings is 1. The van der Waals surface area contributed by atoms with Crippen molar-refractivity contribution in [1.29, 1.82) is 0 Å². The molecule has 11 heteroatoms. The molecule has 1 fully saturated rings. The Morgan fingerprint density at radius 3 is 2.24 bits per heavy atom. The van der Waals surface area contributed by atoms with Crippen molar-refractivity contribution >= 4 is 34.8 Å². The molecule has 0 saturated carbocycles. The predicted molar refractivity (Wildman–Crippen MR) is 124 cm³/mol. The van der Waals surface area contributed by atoms with Crippen LogP contribution in [0.15, 0.2) is 42.5 Å². The van der Waals surface area contributed by atoms with E-state index in [1.54, 1.807) is 31.4 Å². The minimum absolute atomic E-state index is 0.0317. The molecule has 34 heavy (non-hydrogen) atoms. The second-order valence-corrected chi connectivity index (χ2v) is 8.35. The van der Waals surface area contributed by atoms with Crippen LogP contribution in [0.1, 0.15) is 12.5 Å². The third-order valence-electron chi connectivity index (χ3n) is 5.61.